The molecule has 28 heavy (non-hydrogen) atoms. The highest BCUT2D eigenvalue weighted by Gasteiger charge is 2.38. The highest BCUT2D eigenvalue weighted by atomic mass is 19.1. The molecule has 7 nitrogen and oxygen atoms in total. The van der Waals surface area contributed by atoms with Crippen LogP contribution in [0.1, 0.15) is 37.7 Å². The molecule has 0 N–H and O–H groups in total. The maximum Gasteiger partial charge on any atom is 0.270 e. The van der Waals surface area contributed by atoms with Crippen LogP contribution >= 0.6 is 0 Å². The second-order valence-corrected chi connectivity index (χ2v) is 7.30. The number of carbonyl (C=O) groups is 2. The number of hydrazone groups is 1. The van der Waals surface area contributed by atoms with E-state index in [9.17, 15) is 14.0 Å². The molecule has 4 rings (SSSR count). The lowest BCUT2D eigenvalue weighted by molar-refractivity contribution is -0.144. The summed E-state index contributed by atoms with van der Waals surface area (Å²) in [6.07, 6.45) is 2.97. The first kappa shape index (κ1) is 19.0. The number of likely N-dealkylation sites (tertiary alicyclic amines) is 1. The molecular formula is C20H24FN3O4. The summed E-state index contributed by atoms with van der Waals surface area (Å²) >= 11 is 0. The molecule has 1 atom stereocenters. The van der Waals surface area contributed by atoms with Gasteiger partial charge in [-0.3, -0.25) is 9.59 Å². The third-order valence-electron chi connectivity index (χ3n) is 5.37. The lowest BCUT2D eigenvalue weighted by atomic mass is 10.00. The molecule has 3 aliphatic rings. The second kappa shape index (κ2) is 8.36. The zero-order valence-electron chi connectivity index (χ0n) is 15.7. The molecule has 0 aromatic heterocycles. The Morgan fingerprint density at radius 2 is 1.89 bits per heavy atom. The summed E-state index contributed by atoms with van der Waals surface area (Å²) < 4.78 is 24.4. The van der Waals surface area contributed by atoms with Crippen LogP contribution in [0.3, 0.4) is 0 Å². The van der Waals surface area contributed by atoms with Gasteiger partial charge in [-0.1, -0.05) is 12.1 Å². The highest BCUT2D eigenvalue weighted by Crippen LogP contribution is 2.26. The first-order chi connectivity index (χ1) is 13.6. The second-order valence-electron chi connectivity index (χ2n) is 7.30. The Kier molecular flexibility index (Phi) is 5.68. The van der Waals surface area contributed by atoms with Crippen molar-refractivity contribution in [2.75, 3.05) is 19.8 Å². The van der Waals surface area contributed by atoms with Gasteiger partial charge >= 0.3 is 0 Å². The van der Waals surface area contributed by atoms with Crippen molar-refractivity contribution in [2.45, 2.75) is 51.0 Å². The van der Waals surface area contributed by atoms with Crippen molar-refractivity contribution in [3.05, 3.63) is 35.6 Å². The van der Waals surface area contributed by atoms with Gasteiger partial charge in [-0.25, -0.2) is 9.40 Å². The van der Waals surface area contributed by atoms with E-state index in [2.05, 4.69) is 5.10 Å². The number of ether oxygens (including phenoxy) is 2. The zero-order valence-corrected chi connectivity index (χ0v) is 15.7. The van der Waals surface area contributed by atoms with Crippen LogP contribution in [0.4, 0.5) is 4.39 Å². The predicted molar refractivity (Wildman–Crippen MR) is 98.7 cm³/mol. The van der Waals surface area contributed by atoms with Crippen molar-refractivity contribution < 1.29 is 23.5 Å². The SMILES string of the molecule is O=C1CCC(C(=O)N2CCCCC2C2OCCO2)=NN1Cc1ccc(F)cc1. The van der Waals surface area contributed by atoms with E-state index < -0.39 is 0 Å². The number of nitrogens with zero attached hydrogens (tertiary/aromatic N) is 3. The smallest absolute Gasteiger partial charge is 0.270 e. The van der Waals surface area contributed by atoms with Crippen LogP contribution in [0, 0.1) is 5.82 Å². The monoisotopic (exact) mass is 389 g/mol. The number of piperidine rings is 1. The molecule has 150 valence electrons. The van der Waals surface area contributed by atoms with Gasteiger partial charge in [0.05, 0.1) is 25.8 Å². The van der Waals surface area contributed by atoms with E-state index in [1.54, 1.807) is 17.0 Å². The van der Waals surface area contributed by atoms with Gasteiger partial charge in [0.25, 0.3) is 5.91 Å². The van der Waals surface area contributed by atoms with E-state index >= 15 is 0 Å². The van der Waals surface area contributed by atoms with Crippen LogP contribution in [-0.2, 0) is 25.6 Å². The van der Waals surface area contributed by atoms with Crippen molar-refractivity contribution in [2.24, 2.45) is 5.10 Å². The minimum atomic E-state index is -0.384. The number of carbonyl (C=O) groups excluding carboxylic acids is 2. The van der Waals surface area contributed by atoms with Crippen LogP contribution in [-0.4, -0.2) is 59.5 Å². The fraction of sp³-hybridized carbons (Fsp3) is 0.550. The minimum absolute atomic E-state index is 0.116. The lowest BCUT2D eigenvalue weighted by Crippen LogP contribution is -2.53. The molecule has 0 aliphatic carbocycles. The molecule has 0 radical (unpaired) electrons. The third kappa shape index (κ3) is 4.07. The maximum atomic E-state index is 13.2. The number of hydrogen-bond acceptors (Lipinski definition) is 5. The van der Waals surface area contributed by atoms with E-state index in [0.29, 0.717) is 31.9 Å². The fourth-order valence-electron chi connectivity index (χ4n) is 3.90. The molecule has 1 aromatic rings. The molecular weight excluding hydrogens is 365 g/mol. The molecule has 0 bridgehead atoms. The Labute approximate surface area is 163 Å². The van der Waals surface area contributed by atoms with Crippen LogP contribution in [0.25, 0.3) is 0 Å². The number of rotatable bonds is 4. The van der Waals surface area contributed by atoms with Crippen molar-refractivity contribution >= 4 is 17.5 Å². The number of benzene rings is 1. The Balaban J connectivity index is 1.50. The van der Waals surface area contributed by atoms with Gasteiger partial charge in [-0.05, 0) is 37.0 Å². The van der Waals surface area contributed by atoms with Gasteiger partial charge in [0, 0.05) is 19.4 Å². The third-order valence-corrected chi connectivity index (χ3v) is 5.37. The molecule has 1 aromatic carbocycles. The number of hydrogen-bond donors (Lipinski definition) is 0. The van der Waals surface area contributed by atoms with E-state index in [0.717, 1.165) is 24.8 Å². The molecule has 2 fully saturated rings. The Morgan fingerprint density at radius 1 is 1.14 bits per heavy atom. The van der Waals surface area contributed by atoms with Crippen LogP contribution in [0.2, 0.25) is 0 Å². The molecule has 3 aliphatic heterocycles. The topological polar surface area (TPSA) is 71.4 Å². The fourth-order valence-corrected chi connectivity index (χ4v) is 3.90. The summed E-state index contributed by atoms with van der Waals surface area (Å²) in [5.41, 5.74) is 1.14. The molecule has 1 unspecified atom stereocenters. The highest BCUT2D eigenvalue weighted by molar-refractivity contribution is 6.39. The molecule has 3 heterocycles. The molecule has 8 heteroatoms. The maximum absolute atomic E-state index is 13.2. The first-order valence-corrected chi connectivity index (χ1v) is 9.78. The van der Waals surface area contributed by atoms with Gasteiger partial charge in [-0.2, -0.15) is 5.10 Å². The van der Waals surface area contributed by atoms with Crippen LogP contribution in [0.5, 0.6) is 0 Å². The van der Waals surface area contributed by atoms with E-state index in [4.69, 9.17) is 9.47 Å². The van der Waals surface area contributed by atoms with Crippen LogP contribution < -0.4 is 0 Å². The first-order valence-electron chi connectivity index (χ1n) is 9.78. The summed E-state index contributed by atoms with van der Waals surface area (Å²) in [5, 5.41) is 5.66. The van der Waals surface area contributed by atoms with Crippen molar-refractivity contribution in [1.82, 2.24) is 9.91 Å². The van der Waals surface area contributed by atoms with E-state index in [1.165, 1.54) is 17.1 Å². The Bertz CT molecular complexity index is 761. The molecule has 0 saturated carbocycles. The van der Waals surface area contributed by atoms with Crippen LogP contribution in [0.15, 0.2) is 29.4 Å². The van der Waals surface area contributed by atoms with Crippen molar-refractivity contribution in [3.63, 3.8) is 0 Å². The Morgan fingerprint density at radius 3 is 2.64 bits per heavy atom. The molecule has 2 amide bonds. The van der Waals surface area contributed by atoms with Crippen molar-refractivity contribution in [1.29, 1.82) is 0 Å². The lowest BCUT2D eigenvalue weighted by Gasteiger charge is -2.38. The standard InChI is InChI=1S/C20H24FN3O4/c21-15-6-4-14(5-7-15)13-24-18(25)9-8-16(22-24)19(26)23-10-2-1-3-17(23)20-27-11-12-28-20/h4-7,17,20H,1-3,8-13H2. The van der Waals surface area contributed by atoms with Crippen molar-refractivity contribution in [3.8, 4) is 0 Å². The average molecular weight is 389 g/mol. The largest absolute Gasteiger partial charge is 0.348 e. The normalized spacial score (nSPS) is 23.8. The predicted octanol–water partition coefficient (Wildman–Crippen LogP) is 2.06. The average Bonchev–Trinajstić information content (AvgIpc) is 3.25. The van der Waals surface area contributed by atoms with Gasteiger partial charge < -0.3 is 14.4 Å². The quantitative estimate of drug-likeness (QED) is 0.790. The van der Waals surface area contributed by atoms with Gasteiger partial charge in [0.15, 0.2) is 6.29 Å². The van der Waals surface area contributed by atoms with Gasteiger partial charge in [-0.15, -0.1) is 0 Å². The molecule has 2 saturated heterocycles. The summed E-state index contributed by atoms with van der Waals surface area (Å²) in [7, 11) is 0. The summed E-state index contributed by atoms with van der Waals surface area (Å²) in [4.78, 5) is 27.2. The Hall–Kier alpha value is -2.32. The van der Waals surface area contributed by atoms with Gasteiger partial charge in [0.1, 0.15) is 11.5 Å². The summed E-state index contributed by atoms with van der Waals surface area (Å²) in [6.45, 7) is 1.94. The van der Waals surface area contributed by atoms with E-state index in [-0.39, 0.29) is 42.9 Å². The minimum Gasteiger partial charge on any atom is -0.348 e. The van der Waals surface area contributed by atoms with Gasteiger partial charge in [0.2, 0.25) is 5.91 Å². The zero-order chi connectivity index (χ0) is 19.5. The molecule has 0 spiro atoms. The number of amides is 2. The summed E-state index contributed by atoms with van der Waals surface area (Å²) in [6, 6.07) is 5.81. The summed E-state index contributed by atoms with van der Waals surface area (Å²) in [5.74, 6) is -0.625. The van der Waals surface area contributed by atoms with E-state index in [1.807, 2.05) is 0 Å². The number of halogens is 1.